The molecule has 4 bridgehead atoms. The lowest BCUT2D eigenvalue weighted by Gasteiger charge is -2.56. The molecule has 5 aliphatic rings. The van der Waals surface area contributed by atoms with Crippen molar-refractivity contribution in [3.8, 4) is 0 Å². The molecule has 1 unspecified atom stereocenters. The van der Waals surface area contributed by atoms with Crippen molar-refractivity contribution < 1.29 is 19.3 Å². The second-order valence-electron chi connectivity index (χ2n) is 7.32. The molecule has 0 aromatic carbocycles. The first-order valence-corrected chi connectivity index (χ1v) is 8.42. The molecule has 0 spiro atoms. The first-order chi connectivity index (χ1) is 10.2. The van der Waals surface area contributed by atoms with E-state index in [-0.39, 0.29) is 18.5 Å². The summed E-state index contributed by atoms with van der Waals surface area (Å²) in [5.41, 5.74) is -0.488. The second-order valence-corrected chi connectivity index (χ2v) is 7.32. The summed E-state index contributed by atoms with van der Waals surface area (Å²) in [5.74, 6) is 0.940. The number of aliphatic hydroxyl groups excluding tert-OH is 1. The van der Waals surface area contributed by atoms with Crippen LogP contribution >= 0.6 is 0 Å². The van der Waals surface area contributed by atoms with E-state index in [9.17, 15) is 5.11 Å². The number of hydrogen-bond donors (Lipinski definition) is 1. The summed E-state index contributed by atoms with van der Waals surface area (Å²) in [7, 11) is 1.70. The van der Waals surface area contributed by atoms with Crippen molar-refractivity contribution in [2.45, 2.75) is 56.9 Å². The summed E-state index contributed by atoms with van der Waals surface area (Å²) >= 11 is 0. The van der Waals surface area contributed by atoms with E-state index in [1.807, 2.05) is 0 Å². The van der Waals surface area contributed by atoms with Crippen LogP contribution in [0, 0.1) is 17.8 Å². The average molecular weight is 297 g/mol. The summed E-state index contributed by atoms with van der Waals surface area (Å²) in [5, 5.41) is 10.8. The zero-order valence-electron chi connectivity index (χ0n) is 13.0. The summed E-state index contributed by atoms with van der Waals surface area (Å²) in [6, 6.07) is 0. The molecule has 4 heterocycles. The van der Waals surface area contributed by atoms with Crippen LogP contribution < -0.4 is 0 Å². The van der Waals surface area contributed by atoms with Gasteiger partial charge in [-0.05, 0) is 38.3 Å². The highest BCUT2D eigenvalue weighted by Gasteiger charge is 2.69. The molecule has 5 fully saturated rings. The van der Waals surface area contributed by atoms with Gasteiger partial charge in [0.25, 0.3) is 0 Å². The van der Waals surface area contributed by atoms with Gasteiger partial charge >= 0.3 is 0 Å². The molecule has 5 heteroatoms. The molecule has 120 valence electrons. The zero-order valence-corrected chi connectivity index (χ0v) is 13.0. The lowest BCUT2D eigenvalue weighted by atomic mass is 9.73. The number of rotatable bonds is 3. The SMILES string of the molecule is CO[C@@H]1O[C@H]2O[C@@]3(CN4CCCCC4)C1[C@H](C[C@@H]3O)[C@H]2C. The van der Waals surface area contributed by atoms with Gasteiger partial charge in [-0.15, -0.1) is 0 Å². The Morgan fingerprint density at radius 3 is 2.76 bits per heavy atom. The summed E-state index contributed by atoms with van der Waals surface area (Å²) in [6.45, 7) is 5.24. The number of methoxy groups -OCH3 is 1. The van der Waals surface area contributed by atoms with Crippen LogP contribution in [0.2, 0.25) is 0 Å². The Balaban J connectivity index is 1.62. The molecular weight excluding hydrogens is 270 g/mol. The lowest BCUT2D eigenvalue weighted by Crippen LogP contribution is -2.68. The van der Waals surface area contributed by atoms with Gasteiger partial charge in [0.2, 0.25) is 0 Å². The van der Waals surface area contributed by atoms with Crippen molar-refractivity contribution >= 4 is 0 Å². The molecule has 4 aliphatic heterocycles. The van der Waals surface area contributed by atoms with Crippen molar-refractivity contribution in [1.29, 1.82) is 0 Å². The maximum Gasteiger partial charge on any atom is 0.166 e. The van der Waals surface area contributed by atoms with Crippen molar-refractivity contribution in [2.24, 2.45) is 17.8 Å². The third-order valence-corrected chi connectivity index (χ3v) is 6.24. The molecular formula is C16H27NO4. The number of nitrogens with zero attached hydrogens (tertiary/aromatic N) is 1. The summed E-state index contributed by atoms with van der Waals surface area (Å²) in [4.78, 5) is 2.47. The molecule has 1 saturated carbocycles. The van der Waals surface area contributed by atoms with Gasteiger partial charge < -0.3 is 24.2 Å². The monoisotopic (exact) mass is 297 g/mol. The summed E-state index contributed by atoms with van der Waals surface area (Å²) < 4.78 is 17.8. The Bertz CT molecular complexity index is 400. The Labute approximate surface area is 126 Å². The predicted octanol–water partition coefficient (Wildman–Crippen LogP) is 1.20. The predicted molar refractivity (Wildman–Crippen MR) is 76.5 cm³/mol. The zero-order chi connectivity index (χ0) is 14.6. The van der Waals surface area contributed by atoms with Crippen LogP contribution in [-0.4, -0.2) is 61.0 Å². The fourth-order valence-electron chi connectivity index (χ4n) is 5.13. The Kier molecular flexibility index (Phi) is 3.54. The van der Waals surface area contributed by atoms with E-state index in [2.05, 4.69) is 11.8 Å². The standard InChI is InChI=1S/C16H27NO4/c1-10-11-8-12(18)16(9-17-6-4-3-5-7-17)13(11)15(19-2)20-14(10)21-16/h10-15,18H,3-9H2,1-2H3/t10-,11-,12+,13?,14+,15-,16-/m1/s1. The average Bonchev–Trinajstić information content (AvgIpc) is 2.75. The Morgan fingerprint density at radius 1 is 1.29 bits per heavy atom. The van der Waals surface area contributed by atoms with E-state index in [0.29, 0.717) is 11.8 Å². The fraction of sp³-hybridized carbons (Fsp3) is 1.00. The lowest BCUT2D eigenvalue weighted by molar-refractivity contribution is -0.410. The maximum atomic E-state index is 10.8. The third-order valence-electron chi connectivity index (χ3n) is 6.24. The molecule has 0 amide bonds. The third kappa shape index (κ3) is 2.01. The van der Waals surface area contributed by atoms with Crippen LogP contribution in [0.1, 0.15) is 32.6 Å². The van der Waals surface area contributed by atoms with Crippen LogP contribution in [0.25, 0.3) is 0 Å². The number of likely N-dealkylation sites (tertiary alicyclic amines) is 1. The van der Waals surface area contributed by atoms with E-state index < -0.39 is 11.7 Å². The van der Waals surface area contributed by atoms with Gasteiger partial charge in [0, 0.05) is 25.5 Å². The molecule has 21 heavy (non-hydrogen) atoms. The van der Waals surface area contributed by atoms with E-state index in [4.69, 9.17) is 14.2 Å². The van der Waals surface area contributed by atoms with Gasteiger partial charge in [0.1, 0.15) is 5.60 Å². The quantitative estimate of drug-likeness (QED) is 0.848. The molecule has 1 aliphatic carbocycles. The Hall–Kier alpha value is -0.200. The fourth-order valence-corrected chi connectivity index (χ4v) is 5.13. The van der Waals surface area contributed by atoms with Crippen molar-refractivity contribution in [3.63, 3.8) is 0 Å². The highest BCUT2D eigenvalue weighted by molar-refractivity contribution is 5.13. The largest absolute Gasteiger partial charge is 0.390 e. The number of fused-ring (bicyclic) bond motifs is 1. The molecule has 0 radical (unpaired) electrons. The number of ether oxygens (including phenoxy) is 3. The van der Waals surface area contributed by atoms with Gasteiger partial charge in [-0.3, -0.25) is 0 Å². The molecule has 5 nitrogen and oxygen atoms in total. The first-order valence-electron chi connectivity index (χ1n) is 8.42. The van der Waals surface area contributed by atoms with Crippen LogP contribution in [0.15, 0.2) is 0 Å². The molecule has 4 saturated heterocycles. The molecule has 5 rings (SSSR count). The van der Waals surface area contributed by atoms with Crippen LogP contribution in [0.4, 0.5) is 0 Å². The molecule has 0 aromatic rings. The van der Waals surface area contributed by atoms with Gasteiger partial charge in [0.15, 0.2) is 12.6 Å². The Morgan fingerprint density at radius 2 is 2.05 bits per heavy atom. The van der Waals surface area contributed by atoms with E-state index in [1.54, 1.807) is 7.11 Å². The van der Waals surface area contributed by atoms with Gasteiger partial charge in [-0.25, -0.2) is 0 Å². The minimum Gasteiger partial charge on any atom is -0.390 e. The number of hydrogen-bond acceptors (Lipinski definition) is 5. The van der Waals surface area contributed by atoms with Crippen LogP contribution in [-0.2, 0) is 14.2 Å². The van der Waals surface area contributed by atoms with Crippen molar-refractivity contribution in [3.05, 3.63) is 0 Å². The van der Waals surface area contributed by atoms with Gasteiger partial charge in [0.05, 0.1) is 6.10 Å². The highest BCUT2D eigenvalue weighted by atomic mass is 16.8. The number of aliphatic hydroxyl groups is 1. The smallest absolute Gasteiger partial charge is 0.166 e. The van der Waals surface area contributed by atoms with Crippen molar-refractivity contribution in [1.82, 2.24) is 4.90 Å². The van der Waals surface area contributed by atoms with Crippen LogP contribution in [0.3, 0.4) is 0 Å². The minimum atomic E-state index is -0.488. The van der Waals surface area contributed by atoms with E-state index in [1.165, 1.54) is 19.3 Å². The summed E-state index contributed by atoms with van der Waals surface area (Å²) in [6.07, 6.45) is 3.79. The van der Waals surface area contributed by atoms with Crippen LogP contribution in [0.5, 0.6) is 0 Å². The second kappa shape index (κ2) is 5.17. The molecule has 0 aromatic heterocycles. The van der Waals surface area contributed by atoms with E-state index >= 15 is 0 Å². The van der Waals surface area contributed by atoms with Gasteiger partial charge in [-0.2, -0.15) is 0 Å². The molecule has 1 N–H and O–H groups in total. The minimum absolute atomic E-state index is 0.152. The number of piperidine rings is 1. The van der Waals surface area contributed by atoms with Gasteiger partial charge in [-0.1, -0.05) is 13.3 Å². The topological polar surface area (TPSA) is 51.2 Å². The van der Waals surface area contributed by atoms with E-state index in [0.717, 1.165) is 26.1 Å². The highest BCUT2D eigenvalue weighted by Crippen LogP contribution is 2.58. The maximum absolute atomic E-state index is 10.8. The van der Waals surface area contributed by atoms with Crippen molar-refractivity contribution in [2.75, 3.05) is 26.7 Å². The molecule has 7 atom stereocenters. The first kappa shape index (κ1) is 14.4. The normalized spacial score (nSPS) is 53.3.